The molecule has 6 nitrogen and oxygen atoms in total. The molecule has 0 aliphatic carbocycles. The van der Waals surface area contributed by atoms with Gasteiger partial charge in [-0.05, 0) is 53.8 Å². The molecule has 0 saturated carbocycles. The second-order valence-corrected chi connectivity index (χ2v) is 10.3. The zero-order chi connectivity index (χ0) is 21.3. The van der Waals surface area contributed by atoms with Gasteiger partial charge in [-0.2, -0.15) is 8.75 Å². The molecule has 8 heteroatoms. The van der Waals surface area contributed by atoms with Crippen molar-refractivity contribution in [2.45, 2.75) is 12.5 Å². The Balaban J connectivity index is 1.09. The first-order chi connectivity index (χ1) is 15.9. The highest BCUT2D eigenvalue weighted by Crippen LogP contribution is 2.32. The van der Waals surface area contributed by atoms with Crippen LogP contribution >= 0.6 is 23.1 Å². The summed E-state index contributed by atoms with van der Waals surface area (Å²) in [4.78, 5) is 7.63. The highest BCUT2D eigenvalue weighted by atomic mass is 32.1. The summed E-state index contributed by atoms with van der Waals surface area (Å²) in [5.74, 6) is 2.35. The summed E-state index contributed by atoms with van der Waals surface area (Å²) in [6.45, 7) is 8.55. The number of nitrogens with one attached hydrogen (secondary N) is 1. The third-order valence-corrected chi connectivity index (χ3v) is 8.42. The molecule has 2 aliphatic rings. The number of anilines is 2. The maximum Gasteiger partial charge on any atom is 0.150 e. The van der Waals surface area contributed by atoms with E-state index >= 15 is 0 Å². The van der Waals surface area contributed by atoms with Gasteiger partial charge in [0.1, 0.15) is 5.82 Å². The normalized spacial score (nSPS) is 20.4. The molecule has 2 saturated heterocycles. The molecule has 0 radical (unpaired) electrons. The molecule has 1 unspecified atom stereocenters. The highest BCUT2D eigenvalue weighted by molar-refractivity contribution is 7.14. The minimum atomic E-state index is 0.495. The van der Waals surface area contributed by atoms with Gasteiger partial charge in [-0.1, -0.05) is 24.3 Å². The van der Waals surface area contributed by atoms with E-state index in [0.717, 1.165) is 52.4 Å². The first-order valence-electron chi connectivity index (χ1n) is 11.5. The van der Waals surface area contributed by atoms with Crippen molar-refractivity contribution in [3.8, 4) is 0 Å². The fourth-order valence-corrected chi connectivity index (χ4v) is 6.57. The number of benzene rings is 2. The summed E-state index contributed by atoms with van der Waals surface area (Å²) in [6.07, 6.45) is 1.17. The SMILES string of the molecule is c1ccc2c(N3CCN(CCC4CNCCN4c4nsc5ccccc45)CC3)nsc2c1. The third-order valence-electron chi connectivity index (χ3n) is 6.79. The zero-order valence-electron chi connectivity index (χ0n) is 18.1. The number of nitrogens with zero attached hydrogens (tertiary/aromatic N) is 5. The predicted molar refractivity (Wildman–Crippen MR) is 137 cm³/mol. The first kappa shape index (κ1) is 20.4. The predicted octanol–water partition coefficient (Wildman–Crippen LogP) is 3.90. The van der Waals surface area contributed by atoms with Gasteiger partial charge in [-0.3, -0.25) is 4.90 Å². The minimum Gasteiger partial charge on any atom is -0.353 e. The molecule has 6 rings (SSSR count). The van der Waals surface area contributed by atoms with Gasteiger partial charge < -0.3 is 15.1 Å². The van der Waals surface area contributed by atoms with Crippen molar-refractivity contribution in [2.24, 2.45) is 0 Å². The van der Waals surface area contributed by atoms with Crippen LogP contribution in [0.25, 0.3) is 20.2 Å². The van der Waals surface area contributed by atoms with Gasteiger partial charge in [0.25, 0.3) is 0 Å². The average molecular weight is 465 g/mol. The van der Waals surface area contributed by atoms with Crippen LogP contribution in [0.1, 0.15) is 6.42 Å². The Morgan fingerprint density at radius 2 is 1.47 bits per heavy atom. The highest BCUT2D eigenvalue weighted by Gasteiger charge is 2.27. The second kappa shape index (κ2) is 8.94. The Hall–Kier alpha value is -2.26. The number of rotatable bonds is 5. The molecule has 2 fully saturated rings. The van der Waals surface area contributed by atoms with E-state index in [4.69, 9.17) is 8.75 Å². The van der Waals surface area contributed by atoms with Crippen LogP contribution in [0.5, 0.6) is 0 Å². The summed E-state index contributed by atoms with van der Waals surface area (Å²) in [5, 5.41) is 6.20. The molecule has 2 aromatic carbocycles. The second-order valence-electron chi connectivity index (χ2n) is 8.67. The van der Waals surface area contributed by atoms with E-state index < -0.39 is 0 Å². The van der Waals surface area contributed by atoms with Crippen LogP contribution in [-0.4, -0.2) is 72.0 Å². The molecule has 32 heavy (non-hydrogen) atoms. The van der Waals surface area contributed by atoms with Gasteiger partial charge in [0, 0.05) is 69.2 Å². The topological polar surface area (TPSA) is 47.5 Å². The number of hydrogen-bond donors (Lipinski definition) is 1. The van der Waals surface area contributed by atoms with Gasteiger partial charge in [-0.15, -0.1) is 0 Å². The lowest BCUT2D eigenvalue weighted by atomic mass is 10.1. The summed E-state index contributed by atoms with van der Waals surface area (Å²) < 4.78 is 12.2. The Kier molecular flexibility index (Phi) is 5.69. The summed E-state index contributed by atoms with van der Waals surface area (Å²) in [5.41, 5.74) is 0. The summed E-state index contributed by atoms with van der Waals surface area (Å²) >= 11 is 3.24. The molecule has 2 aliphatic heterocycles. The lowest BCUT2D eigenvalue weighted by Gasteiger charge is -2.39. The molecule has 0 bridgehead atoms. The van der Waals surface area contributed by atoms with Gasteiger partial charge in [0.05, 0.1) is 9.40 Å². The van der Waals surface area contributed by atoms with Crippen molar-refractivity contribution in [3.05, 3.63) is 48.5 Å². The molecule has 4 aromatic rings. The Labute approximate surface area is 196 Å². The maximum absolute atomic E-state index is 4.84. The van der Waals surface area contributed by atoms with E-state index in [1.807, 2.05) is 0 Å². The fourth-order valence-electron chi connectivity index (χ4n) is 4.99. The van der Waals surface area contributed by atoms with Crippen LogP contribution in [0.3, 0.4) is 0 Å². The molecular weight excluding hydrogens is 436 g/mol. The van der Waals surface area contributed by atoms with Crippen molar-refractivity contribution >= 4 is 54.9 Å². The molecule has 0 spiro atoms. The van der Waals surface area contributed by atoms with Crippen molar-refractivity contribution < 1.29 is 0 Å². The van der Waals surface area contributed by atoms with Crippen LogP contribution in [0.15, 0.2) is 48.5 Å². The monoisotopic (exact) mass is 464 g/mol. The smallest absolute Gasteiger partial charge is 0.150 e. The molecule has 2 aromatic heterocycles. The molecule has 166 valence electrons. The Bertz CT molecular complexity index is 1200. The molecule has 0 amide bonds. The Morgan fingerprint density at radius 1 is 0.812 bits per heavy atom. The van der Waals surface area contributed by atoms with Crippen molar-refractivity contribution in [1.29, 1.82) is 0 Å². The van der Waals surface area contributed by atoms with Crippen molar-refractivity contribution in [1.82, 2.24) is 19.0 Å². The average Bonchev–Trinajstić information content (AvgIpc) is 3.48. The van der Waals surface area contributed by atoms with E-state index in [1.54, 1.807) is 23.1 Å². The lowest BCUT2D eigenvalue weighted by molar-refractivity contribution is 0.243. The minimum absolute atomic E-state index is 0.495. The Morgan fingerprint density at radius 3 is 2.22 bits per heavy atom. The van der Waals surface area contributed by atoms with Gasteiger partial charge >= 0.3 is 0 Å². The first-order valence-corrected chi connectivity index (χ1v) is 13.0. The van der Waals surface area contributed by atoms with Crippen LogP contribution in [-0.2, 0) is 0 Å². The fraction of sp³-hybridized carbons (Fsp3) is 0.417. The van der Waals surface area contributed by atoms with Crippen molar-refractivity contribution in [2.75, 3.05) is 62.2 Å². The van der Waals surface area contributed by atoms with E-state index in [-0.39, 0.29) is 0 Å². The van der Waals surface area contributed by atoms with Gasteiger partial charge in [0.15, 0.2) is 5.82 Å². The third kappa shape index (κ3) is 3.85. The molecule has 4 heterocycles. The number of piperazine rings is 2. The number of hydrogen-bond acceptors (Lipinski definition) is 8. The van der Waals surface area contributed by atoms with Crippen LogP contribution < -0.4 is 15.1 Å². The van der Waals surface area contributed by atoms with E-state index in [9.17, 15) is 0 Å². The summed E-state index contributed by atoms with van der Waals surface area (Å²) in [6, 6.07) is 17.7. The quantitative estimate of drug-likeness (QED) is 0.484. The van der Waals surface area contributed by atoms with Gasteiger partial charge in [0.2, 0.25) is 0 Å². The van der Waals surface area contributed by atoms with E-state index in [2.05, 4.69) is 68.5 Å². The van der Waals surface area contributed by atoms with Crippen LogP contribution in [0.2, 0.25) is 0 Å². The molecular formula is C24H28N6S2. The largest absolute Gasteiger partial charge is 0.353 e. The van der Waals surface area contributed by atoms with Gasteiger partial charge in [-0.25, -0.2) is 0 Å². The molecule has 1 atom stereocenters. The molecule has 1 N–H and O–H groups in total. The number of fused-ring (bicyclic) bond motifs is 2. The number of aromatic nitrogens is 2. The zero-order valence-corrected chi connectivity index (χ0v) is 19.7. The van der Waals surface area contributed by atoms with E-state index in [0.29, 0.717) is 6.04 Å². The van der Waals surface area contributed by atoms with Crippen molar-refractivity contribution in [3.63, 3.8) is 0 Å². The summed E-state index contributed by atoms with van der Waals surface area (Å²) in [7, 11) is 0. The van der Waals surface area contributed by atoms with Crippen LogP contribution in [0, 0.1) is 0 Å². The lowest BCUT2D eigenvalue weighted by Crippen LogP contribution is -2.53. The maximum atomic E-state index is 4.84. The standard InChI is InChI=1S/C24H28N6S2/c1-3-7-21-19(5-1)23(26-31-21)29-15-13-28(14-16-29)11-9-18-17-25-10-12-30(18)24-20-6-2-4-8-22(20)32-27-24/h1-8,18,25H,9-17H2. The van der Waals surface area contributed by atoms with E-state index in [1.165, 1.54) is 38.2 Å². The van der Waals surface area contributed by atoms with Crippen LogP contribution in [0.4, 0.5) is 11.6 Å².